The molecule has 2 unspecified atom stereocenters. The van der Waals surface area contributed by atoms with Gasteiger partial charge in [-0.1, -0.05) is 6.42 Å². The maximum atomic E-state index is 12.1. The largest absolute Gasteiger partial charge is 0.354 e. The zero-order valence-corrected chi connectivity index (χ0v) is 11.0. The van der Waals surface area contributed by atoms with E-state index in [1.807, 2.05) is 6.92 Å². The molecule has 2 aliphatic carbocycles. The van der Waals surface area contributed by atoms with E-state index in [1.54, 1.807) is 0 Å². The normalized spacial score (nSPS) is 31.1. The minimum Gasteiger partial charge on any atom is -0.354 e. The van der Waals surface area contributed by atoms with Crippen LogP contribution in [0.5, 0.6) is 0 Å². The zero-order chi connectivity index (χ0) is 13.2. The smallest absolute Gasteiger partial charge is 0.227 e. The van der Waals surface area contributed by atoms with Crippen molar-refractivity contribution in [3.05, 3.63) is 0 Å². The summed E-state index contributed by atoms with van der Waals surface area (Å²) < 4.78 is 0. The molecular weight excluding hydrogens is 230 g/mol. The predicted octanol–water partition coefficient (Wildman–Crippen LogP) is 0.146. The minimum atomic E-state index is -0.430. The number of carbonyl (C=O) groups is 2. The van der Waals surface area contributed by atoms with Gasteiger partial charge in [-0.2, -0.15) is 0 Å². The van der Waals surface area contributed by atoms with Gasteiger partial charge in [0, 0.05) is 25.0 Å². The topological polar surface area (TPSA) is 84.2 Å². The van der Waals surface area contributed by atoms with Crippen LogP contribution in [0.2, 0.25) is 0 Å². The van der Waals surface area contributed by atoms with Crippen molar-refractivity contribution in [2.75, 3.05) is 13.1 Å². The van der Waals surface area contributed by atoms with Crippen molar-refractivity contribution in [2.45, 2.75) is 45.1 Å². The molecule has 0 bridgehead atoms. The maximum Gasteiger partial charge on any atom is 0.227 e. The summed E-state index contributed by atoms with van der Waals surface area (Å²) in [6, 6.07) is -0.0430. The highest BCUT2D eigenvalue weighted by Gasteiger charge is 2.42. The third-order valence-electron chi connectivity index (χ3n) is 4.21. The van der Waals surface area contributed by atoms with Gasteiger partial charge in [-0.3, -0.25) is 9.59 Å². The quantitative estimate of drug-likeness (QED) is 0.610. The molecule has 2 rings (SSSR count). The van der Waals surface area contributed by atoms with Gasteiger partial charge in [0.05, 0.1) is 5.41 Å². The van der Waals surface area contributed by atoms with Gasteiger partial charge in [-0.25, -0.2) is 0 Å². The van der Waals surface area contributed by atoms with Gasteiger partial charge in [0.25, 0.3) is 0 Å². The van der Waals surface area contributed by atoms with Crippen LogP contribution in [0.3, 0.4) is 0 Å². The van der Waals surface area contributed by atoms with Crippen LogP contribution < -0.4 is 16.4 Å². The van der Waals surface area contributed by atoms with E-state index < -0.39 is 5.41 Å². The summed E-state index contributed by atoms with van der Waals surface area (Å²) in [6.07, 6.45) is 4.80. The lowest BCUT2D eigenvalue weighted by atomic mass is 9.84. The van der Waals surface area contributed by atoms with E-state index >= 15 is 0 Å². The van der Waals surface area contributed by atoms with E-state index in [2.05, 4.69) is 10.6 Å². The predicted molar refractivity (Wildman–Crippen MR) is 68.7 cm³/mol. The van der Waals surface area contributed by atoms with Crippen molar-refractivity contribution in [3.63, 3.8) is 0 Å². The maximum absolute atomic E-state index is 12.1. The van der Waals surface area contributed by atoms with Gasteiger partial charge in [0.1, 0.15) is 0 Å². The second-order valence-corrected chi connectivity index (χ2v) is 5.74. The van der Waals surface area contributed by atoms with Gasteiger partial charge in [-0.05, 0) is 32.6 Å². The first-order chi connectivity index (χ1) is 8.54. The third kappa shape index (κ3) is 2.83. The average molecular weight is 253 g/mol. The molecule has 2 atom stereocenters. The molecule has 0 radical (unpaired) electrons. The van der Waals surface area contributed by atoms with Gasteiger partial charge in [0.2, 0.25) is 11.8 Å². The molecule has 2 fully saturated rings. The molecule has 5 nitrogen and oxygen atoms in total. The number of hydrogen-bond donors (Lipinski definition) is 3. The number of hydrogen-bond acceptors (Lipinski definition) is 3. The van der Waals surface area contributed by atoms with E-state index in [-0.39, 0.29) is 23.8 Å². The van der Waals surface area contributed by atoms with Crippen LogP contribution in [0.25, 0.3) is 0 Å². The van der Waals surface area contributed by atoms with Gasteiger partial charge < -0.3 is 16.4 Å². The number of nitrogens with two attached hydrogens (primary N) is 1. The third-order valence-corrected chi connectivity index (χ3v) is 4.21. The Labute approximate surface area is 108 Å². The second-order valence-electron chi connectivity index (χ2n) is 5.74. The summed E-state index contributed by atoms with van der Waals surface area (Å²) in [6.45, 7) is 2.93. The molecule has 2 aliphatic rings. The molecule has 0 spiro atoms. The first-order valence-corrected chi connectivity index (χ1v) is 6.85. The molecule has 4 N–H and O–H groups in total. The van der Waals surface area contributed by atoms with E-state index in [9.17, 15) is 9.59 Å². The van der Waals surface area contributed by atoms with E-state index in [0.717, 1.165) is 32.1 Å². The monoisotopic (exact) mass is 253 g/mol. The fourth-order valence-electron chi connectivity index (χ4n) is 2.53. The summed E-state index contributed by atoms with van der Waals surface area (Å²) in [5.41, 5.74) is 5.55. The molecule has 0 aromatic rings. The Bertz CT molecular complexity index is 341. The van der Waals surface area contributed by atoms with E-state index in [0.29, 0.717) is 13.1 Å². The van der Waals surface area contributed by atoms with E-state index in [1.165, 1.54) is 0 Å². The van der Waals surface area contributed by atoms with Crippen LogP contribution in [-0.2, 0) is 9.59 Å². The average Bonchev–Trinajstić information content (AvgIpc) is 3.13. The fourth-order valence-corrected chi connectivity index (χ4v) is 2.53. The Morgan fingerprint density at radius 2 is 1.89 bits per heavy atom. The molecule has 0 saturated heterocycles. The van der Waals surface area contributed by atoms with E-state index in [4.69, 9.17) is 5.73 Å². The second kappa shape index (κ2) is 5.26. The highest BCUT2D eigenvalue weighted by Crippen LogP contribution is 2.36. The van der Waals surface area contributed by atoms with Crippen LogP contribution in [-0.4, -0.2) is 30.9 Å². The van der Waals surface area contributed by atoms with Crippen LogP contribution in [0.1, 0.15) is 39.0 Å². The van der Waals surface area contributed by atoms with Crippen LogP contribution in [0, 0.1) is 11.3 Å². The van der Waals surface area contributed by atoms with Crippen molar-refractivity contribution < 1.29 is 9.59 Å². The van der Waals surface area contributed by atoms with Crippen LogP contribution in [0.15, 0.2) is 0 Å². The van der Waals surface area contributed by atoms with Crippen molar-refractivity contribution in [1.29, 1.82) is 0 Å². The van der Waals surface area contributed by atoms with Crippen molar-refractivity contribution in [2.24, 2.45) is 17.1 Å². The highest BCUT2D eigenvalue weighted by atomic mass is 16.2. The Morgan fingerprint density at radius 3 is 2.44 bits per heavy atom. The molecule has 2 saturated carbocycles. The Morgan fingerprint density at radius 1 is 1.22 bits per heavy atom. The molecule has 5 heteroatoms. The Balaban J connectivity index is 1.66. The fraction of sp³-hybridized carbons (Fsp3) is 0.846. The molecule has 0 aromatic carbocycles. The van der Waals surface area contributed by atoms with Gasteiger partial charge >= 0.3 is 0 Å². The molecule has 102 valence electrons. The standard InChI is InChI=1S/C13H23N3O2/c1-13(6-2-3-10(13)14)12(18)16-8-7-15-11(17)9-4-5-9/h9-10H,2-8,14H2,1H3,(H,15,17)(H,16,18). The van der Waals surface area contributed by atoms with Crippen molar-refractivity contribution in [1.82, 2.24) is 10.6 Å². The molecular formula is C13H23N3O2. The lowest BCUT2D eigenvalue weighted by Crippen LogP contribution is -2.48. The SMILES string of the molecule is CC1(C(=O)NCCNC(=O)C2CC2)CCCC1N. The number of carbonyl (C=O) groups excluding carboxylic acids is 2. The van der Waals surface area contributed by atoms with Gasteiger partial charge in [-0.15, -0.1) is 0 Å². The summed E-state index contributed by atoms with van der Waals surface area (Å²) in [5, 5.41) is 5.71. The molecule has 2 amide bonds. The summed E-state index contributed by atoms with van der Waals surface area (Å²) in [4.78, 5) is 23.4. The molecule has 0 heterocycles. The molecule has 0 aliphatic heterocycles. The summed E-state index contributed by atoms with van der Waals surface area (Å²) in [5.74, 6) is 0.364. The van der Waals surface area contributed by atoms with Crippen molar-refractivity contribution >= 4 is 11.8 Å². The minimum absolute atomic E-state index is 0.0215. The lowest BCUT2D eigenvalue weighted by Gasteiger charge is -2.27. The van der Waals surface area contributed by atoms with Gasteiger partial charge in [0.15, 0.2) is 0 Å². The lowest BCUT2D eigenvalue weighted by molar-refractivity contribution is -0.130. The summed E-state index contributed by atoms with van der Waals surface area (Å²) in [7, 11) is 0. The zero-order valence-electron chi connectivity index (χ0n) is 11.0. The Kier molecular flexibility index (Phi) is 3.90. The van der Waals surface area contributed by atoms with Crippen molar-refractivity contribution in [3.8, 4) is 0 Å². The number of rotatable bonds is 5. The first kappa shape index (κ1) is 13.3. The number of nitrogens with one attached hydrogen (secondary N) is 2. The van der Waals surface area contributed by atoms with Crippen LogP contribution in [0.4, 0.5) is 0 Å². The molecule has 0 aromatic heterocycles. The molecule has 18 heavy (non-hydrogen) atoms. The highest BCUT2D eigenvalue weighted by molar-refractivity contribution is 5.83. The Hall–Kier alpha value is -1.10. The number of amides is 2. The summed E-state index contributed by atoms with van der Waals surface area (Å²) >= 11 is 0. The first-order valence-electron chi connectivity index (χ1n) is 6.85. The van der Waals surface area contributed by atoms with Crippen LogP contribution >= 0.6 is 0 Å².